The summed E-state index contributed by atoms with van der Waals surface area (Å²) >= 11 is 5.89. The van der Waals surface area contributed by atoms with Crippen LogP contribution in [0.15, 0.2) is 18.2 Å². The van der Waals surface area contributed by atoms with Gasteiger partial charge < -0.3 is 9.30 Å². The molecule has 110 valence electrons. The zero-order valence-corrected chi connectivity index (χ0v) is 13.3. The smallest absolute Gasteiger partial charge is 0.111 e. The molecule has 0 aliphatic rings. The van der Waals surface area contributed by atoms with E-state index in [1.54, 1.807) is 0 Å². The van der Waals surface area contributed by atoms with Crippen LogP contribution < -0.4 is 0 Å². The Morgan fingerprint density at radius 2 is 2.15 bits per heavy atom. The molecule has 0 aliphatic carbocycles. The summed E-state index contributed by atoms with van der Waals surface area (Å²) < 4.78 is 7.97. The van der Waals surface area contributed by atoms with E-state index in [9.17, 15) is 0 Å². The molecule has 1 aromatic heterocycles. The van der Waals surface area contributed by atoms with Gasteiger partial charge in [0.05, 0.1) is 17.6 Å². The second-order valence-electron chi connectivity index (χ2n) is 5.53. The van der Waals surface area contributed by atoms with Gasteiger partial charge in [-0.3, -0.25) is 0 Å². The lowest BCUT2D eigenvalue weighted by atomic mass is 10.2. The van der Waals surface area contributed by atoms with Crippen molar-refractivity contribution in [3.05, 3.63) is 29.6 Å². The van der Waals surface area contributed by atoms with Crippen molar-refractivity contribution in [2.75, 3.05) is 19.1 Å². The Hall–Kier alpha value is -1.06. The number of rotatable bonds is 7. The average molecular weight is 295 g/mol. The zero-order valence-electron chi connectivity index (χ0n) is 12.5. The number of benzene rings is 1. The molecule has 3 nitrogen and oxygen atoms in total. The molecule has 0 unspecified atom stereocenters. The molecule has 0 saturated carbocycles. The Morgan fingerprint density at radius 3 is 2.85 bits per heavy atom. The van der Waals surface area contributed by atoms with E-state index in [1.807, 2.05) is 0 Å². The van der Waals surface area contributed by atoms with E-state index in [4.69, 9.17) is 21.3 Å². The molecular formula is C16H23ClN2O. The fourth-order valence-electron chi connectivity index (χ4n) is 2.40. The first-order chi connectivity index (χ1) is 9.63. The summed E-state index contributed by atoms with van der Waals surface area (Å²) in [6.07, 6.45) is 0.792. The van der Waals surface area contributed by atoms with E-state index in [0.717, 1.165) is 30.9 Å². The topological polar surface area (TPSA) is 27.1 Å². The molecule has 2 aromatic rings. The van der Waals surface area contributed by atoms with Crippen molar-refractivity contribution < 1.29 is 4.74 Å². The number of hydrogen-bond acceptors (Lipinski definition) is 2. The first kappa shape index (κ1) is 15.3. The molecule has 0 radical (unpaired) electrons. The number of para-hydroxylation sites is 1. The van der Waals surface area contributed by atoms with Crippen molar-refractivity contribution >= 4 is 22.6 Å². The van der Waals surface area contributed by atoms with Crippen LogP contribution in [0.3, 0.4) is 0 Å². The second-order valence-corrected chi connectivity index (χ2v) is 5.91. The SMILES string of the molecule is Cc1cccc2nc(CCCl)n(CCOCC(C)C)c12. The van der Waals surface area contributed by atoms with Gasteiger partial charge in [-0.05, 0) is 24.5 Å². The van der Waals surface area contributed by atoms with E-state index in [-0.39, 0.29) is 0 Å². The first-order valence-corrected chi connectivity index (χ1v) is 7.75. The van der Waals surface area contributed by atoms with Gasteiger partial charge in [0.1, 0.15) is 5.82 Å². The minimum atomic E-state index is 0.568. The van der Waals surface area contributed by atoms with Gasteiger partial charge in [0.15, 0.2) is 0 Å². The normalized spacial score (nSPS) is 11.7. The third-order valence-corrected chi connectivity index (χ3v) is 3.46. The molecule has 0 spiro atoms. The fraction of sp³-hybridized carbons (Fsp3) is 0.562. The molecule has 4 heteroatoms. The van der Waals surface area contributed by atoms with Crippen molar-refractivity contribution in [2.45, 2.75) is 33.7 Å². The largest absolute Gasteiger partial charge is 0.379 e. The van der Waals surface area contributed by atoms with Crippen molar-refractivity contribution in [2.24, 2.45) is 5.92 Å². The van der Waals surface area contributed by atoms with Gasteiger partial charge in [-0.1, -0.05) is 26.0 Å². The summed E-state index contributed by atoms with van der Waals surface area (Å²) in [6, 6.07) is 6.24. The fourth-order valence-corrected chi connectivity index (χ4v) is 2.57. The Morgan fingerprint density at radius 1 is 1.35 bits per heavy atom. The lowest BCUT2D eigenvalue weighted by molar-refractivity contribution is 0.103. The highest BCUT2D eigenvalue weighted by Crippen LogP contribution is 2.20. The van der Waals surface area contributed by atoms with E-state index >= 15 is 0 Å². The number of alkyl halides is 1. The van der Waals surface area contributed by atoms with Gasteiger partial charge >= 0.3 is 0 Å². The van der Waals surface area contributed by atoms with Crippen LogP contribution in [0, 0.1) is 12.8 Å². The highest BCUT2D eigenvalue weighted by atomic mass is 35.5. The number of imidazole rings is 1. The molecule has 2 rings (SSSR count). The number of aromatic nitrogens is 2. The second kappa shape index (κ2) is 7.09. The van der Waals surface area contributed by atoms with Crippen LogP contribution >= 0.6 is 11.6 Å². The summed E-state index contributed by atoms with van der Waals surface area (Å²) in [7, 11) is 0. The number of halogens is 1. The number of nitrogens with zero attached hydrogens (tertiary/aromatic N) is 2. The third-order valence-electron chi connectivity index (χ3n) is 3.28. The minimum Gasteiger partial charge on any atom is -0.379 e. The number of hydrogen-bond donors (Lipinski definition) is 0. The Labute approximate surface area is 125 Å². The molecule has 0 atom stereocenters. The summed E-state index contributed by atoms with van der Waals surface area (Å²) in [5.74, 6) is 2.21. The first-order valence-electron chi connectivity index (χ1n) is 7.22. The van der Waals surface area contributed by atoms with E-state index in [1.165, 1.54) is 11.1 Å². The van der Waals surface area contributed by atoms with Gasteiger partial charge in [-0.2, -0.15) is 0 Å². The number of fused-ring (bicyclic) bond motifs is 1. The van der Waals surface area contributed by atoms with Crippen molar-refractivity contribution in [3.8, 4) is 0 Å². The minimum absolute atomic E-state index is 0.568. The highest BCUT2D eigenvalue weighted by molar-refractivity contribution is 6.17. The molecular weight excluding hydrogens is 272 g/mol. The Balaban J connectivity index is 2.21. The summed E-state index contributed by atoms with van der Waals surface area (Å²) in [5.41, 5.74) is 3.51. The monoisotopic (exact) mass is 294 g/mol. The average Bonchev–Trinajstić information content (AvgIpc) is 2.74. The van der Waals surface area contributed by atoms with Crippen LogP contribution in [-0.4, -0.2) is 28.6 Å². The van der Waals surface area contributed by atoms with Crippen LogP contribution in [0.5, 0.6) is 0 Å². The molecule has 1 heterocycles. The van der Waals surface area contributed by atoms with E-state index < -0.39 is 0 Å². The molecule has 0 bridgehead atoms. The van der Waals surface area contributed by atoms with Crippen molar-refractivity contribution in [1.82, 2.24) is 9.55 Å². The zero-order chi connectivity index (χ0) is 14.5. The molecule has 0 saturated heterocycles. The predicted octanol–water partition coefficient (Wildman–Crippen LogP) is 3.80. The van der Waals surface area contributed by atoms with Gasteiger partial charge in [0.25, 0.3) is 0 Å². The maximum atomic E-state index is 5.89. The standard InChI is InChI=1S/C16H23ClN2O/c1-12(2)11-20-10-9-19-15(7-8-17)18-14-6-4-5-13(3)16(14)19/h4-6,12H,7-11H2,1-3H3. The summed E-state index contributed by atoms with van der Waals surface area (Å²) in [4.78, 5) is 4.70. The van der Waals surface area contributed by atoms with Gasteiger partial charge in [-0.15, -0.1) is 11.6 Å². The summed E-state index contributed by atoms with van der Waals surface area (Å²) in [5, 5.41) is 0. The van der Waals surface area contributed by atoms with Gasteiger partial charge in [0.2, 0.25) is 0 Å². The molecule has 0 aliphatic heterocycles. The Bertz CT molecular complexity index is 563. The van der Waals surface area contributed by atoms with Crippen LogP contribution in [0.4, 0.5) is 0 Å². The quantitative estimate of drug-likeness (QED) is 0.574. The molecule has 0 fully saturated rings. The lowest BCUT2D eigenvalue weighted by Crippen LogP contribution is -2.12. The van der Waals surface area contributed by atoms with Crippen molar-refractivity contribution in [3.63, 3.8) is 0 Å². The Kier molecular flexibility index (Phi) is 5.44. The molecule has 0 N–H and O–H groups in total. The summed E-state index contributed by atoms with van der Waals surface area (Å²) in [6.45, 7) is 8.80. The van der Waals surface area contributed by atoms with Gasteiger partial charge in [-0.25, -0.2) is 4.98 Å². The molecule has 1 aromatic carbocycles. The predicted molar refractivity (Wildman–Crippen MR) is 84.6 cm³/mol. The van der Waals surface area contributed by atoms with Crippen LogP contribution in [-0.2, 0) is 17.7 Å². The van der Waals surface area contributed by atoms with E-state index in [2.05, 4.69) is 43.5 Å². The molecule has 20 heavy (non-hydrogen) atoms. The van der Waals surface area contributed by atoms with Crippen molar-refractivity contribution in [1.29, 1.82) is 0 Å². The number of aryl methyl sites for hydroxylation is 2. The maximum absolute atomic E-state index is 5.89. The molecule has 0 amide bonds. The van der Waals surface area contributed by atoms with Crippen LogP contribution in [0.25, 0.3) is 11.0 Å². The van der Waals surface area contributed by atoms with Crippen LogP contribution in [0.2, 0.25) is 0 Å². The van der Waals surface area contributed by atoms with E-state index in [0.29, 0.717) is 18.4 Å². The van der Waals surface area contributed by atoms with Crippen LogP contribution in [0.1, 0.15) is 25.2 Å². The lowest BCUT2D eigenvalue weighted by Gasteiger charge is -2.11. The third kappa shape index (κ3) is 3.53. The van der Waals surface area contributed by atoms with Gasteiger partial charge in [0, 0.05) is 25.5 Å². The highest BCUT2D eigenvalue weighted by Gasteiger charge is 2.11. The number of ether oxygens (including phenoxy) is 1. The maximum Gasteiger partial charge on any atom is 0.111 e.